The van der Waals surface area contributed by atoms with Crippen LogP contribution in [-0.4, -0.2) is 19.1 Å². The van der Waals surface area contributed by atoms with Crippen LogP contribution < -0.4 is 5.32 Å². The van der Waals surface area contributed by atoms with Gasteiger partial charge in [-0.3, -0.25) is 4.79 Å². The van der Waals surface area contributed by atoms with Crippen molar-refractivity contribution in [3.63, 3.8) is 0 Å². The fourth-order valence-corrected chi connectivity index (χ4v) is 4.44. The highest BCUT2D eigenvalue weighted by Gasteiger charge is 2.02. The second-order valence-corrected chi connectivity index (χ2v) is 9.77. The second-order valence-electron chi connectivity index (χ2n) is 9.77. The number of esters is 1. The van der Waals surface area contributed by atoms with Gasteiger partial charge in [0.15, 0.2) is 0 Å². The van der Waals surface area contributed by atoms with E-state index in [1.807, 2.05) is 6.92 Å². The van der Waals surface area contributed by atoms with E-state index in [0.717, 1.165) is 25.8 Å². The van der Waals surface area contributed by atoms with Crippen LogP contribution in [0.25, 0.3) is 0 Å². The molecular weight excluding hydrogens is 442 g/mol. The average Bonchev–Trinajstić information content (AvgIpc) is 2.90. The third-order valence-electron chi connectivity index (χ3n) is 6.60. The summed E-state index contributed by atoms with van der Waals surface area (Å²) in [5, 5.41) is 3.54. The number of benzene rings is 2. The molecule has 0 atom stereocenters. The standard InChI is InChI=1S/C33H49NO2/c1-2-36-33(35)24-19-23-31-25-27-32(28-26-31)34-29-18-13-11-9-7-5-3-4-6-8-10-12-15-20-30-21-16-14-17-22-30/h12,14-17,21-22,25-28,34H,2-11,13,18-20,23-24,29H2,1H3/b15-12+. The van der Waals surface area contributed by atoms with Crippen molar-refractivity contribution < 1.29 is 9.53 Å². The maximum absolute atomic E-state index is 11.4. The minimum Gasteiger partial charge on any atom is -0.466 e. The van der Waals surface area contributed by atoms with Gasteiger partial charge < -0.3 is 10.1 Å². The molecule has 36 heavy (non-hydrogen) atoms. The third-order valence-corrected chi connectivity index (χ3v) is 6.60. The number of hydrogen-bond donors (Lipinski definition) is 1. The predicted octanol–water partition coefficient (Wildman–Crippen LogP) is 9.07. The van der Waals surface area contributed by atoms with Crippen molar-refractivity contribution in [3.8, 4) is 0 Å². The summed E-state index contributed by atoms with van der Waals surface area (Å²) in [5.41, 5.74) is 3.87. The molecule has 0 aliphatic carbocycles. The molecule has 0 heterocycles. The van der Waals surface area contributed by atoms with Gasteiger partial charge in [0.2, 0.25) is 0 Å². The molecule has 0 unspecified atom stereocenters. The Morgan fingerprint density at radius 2 is 1.36 bits per heavy atom. The predicted molar refractivity (Wildman–Crippen MR) is 155 cm³/mol. The number of hydrogen-bond acceptors (Lipinski definition) is 3. The highest BCUT2D eigenvalue weighted by atomic mass is 16.5. The zero-order chi connectivity index (χ0) is 25.5. The lowest BCUT2D eigenvalue weighted by Gasteiger charge is -2.08. The van der Waals surface area contributed by atoms with E-state index >= 15 is 0 Å². The van der Waals surface area contributed by atoms with Crippen LogP contribution >= 0.6 is 0 Å². The van der Waals surface area contributed by atoms with Crippen molar-refractivity contribution in [2.24, 2.45) is 0 Å². The van der Waals surface area contributed by atoms with E-state index in [9.17, 15) is 4.79 Å². The van der Waals surface area contributed by atoms with Crippen LogP contribution in [0.5, 0.6) is 0 Å². The number of carbonyl (C=O) groups excluding carboxylic acids is 1. The number of carbonyl (C=O) groups is 1. The first-order chi connectivity index (χ1) is 17.8. The average molecular weight is 492 g/mol. The molecular formula is C33H49NO2. The van der Waals surface area contributed by atoms with Crippen LogP contribution in [0.2, 0.25) is 0 Å². The summed E-state index contributed by atoms with van der Waals surface area (Å²) in [6.45, 7) is 3.36. The molecule has 0 fully saturated rings. The molecule has 0 radical (unpaired) electrons. The van der Waals surface area contributed by atoms with Crippen LogP contribution in [0.15, 0.2) is 66.7 Å². The topological polar surface area (TPSA) is 38.3 Å². The minimum atomic E-state index is -0.0927. The molecule has 0 aromatic heterocycles. The molecule has 3 heteroatoms. The molecule has 2 aromatic carbocycles. The summed E-state index contributed by atoms with van der Waals surface area (Å²) in [4.78, 5) is 11.4. The summed E-state index contributed by atoms with van der Waals surface area (Å²) in [6, 6.07) is 19.3. The Kier molecular flexibility index (Phi) is 17.0. The van der Waals surface area contributed by atoms with Gasteiger partial charge in [-0.05, 0) is 68.7 Å². The van der Waals surface area contributed by atoms with Gasteiger partial charge >= 0.3 is 5.97 Å². The van der Waals surface area contributed by atoms with Crippen LogP contribution in [0.4, 0.5) is 5.69 Å². The van der Waals surface area contributed by atoms with Gasteiger partial charge in [0, 0.05) is 18.7 Å². The first-order valence-corrected chi connectivity index (χ1v) is 14.5. The first kappa shape index (κ1) is 29.7. The summed E-state index contributed by atoms with van der Waals surface area (Å²) < 4.78 is 4.98. The van der Waals surface area contributed by atoms with Gasteiger partial charge in [-0.1, -0.05) is 106 Å². The van der Waals surface area contributed by atoms with Gasteiger partial charge in [0.05, 0.1) is 6.61 Å². The van der Waals surface area contributed by atoms with E-state index in [0.29, 0.717) is 13.0 Å². The van der Waals surface area contributed by atoms with E-state index in [-0.39, 0.29) is 5.97 Å². The molecule has 3 nitrogen and oxygen atoms in total. The molecule has 0 aliphatic heterocycles. The number of nitrogens with one attached hydrogen (secondary N) is 1. The van der Waals surface area contributed by atoms with Gasteiger partial charge in [-0.2, -0.15) is 0 Å². The van der Waals surface area contributed by atoms with Crippen molar-refractivity contribution >= 4 is 11.7 Å². The quantitative estimate of drug-likeness (QED) is 0.107. The monoisotopic (exact) mass is 491 g/mol. The highest BCUT2D eigenvalue weighted by molar-refractivity contribution is 5.69. The van der Waals surface area contributed by atoms with Crippen LogP contribution in [0.1, 0.15) is 102 Å². The van der Waals surface area contributed by atoms with Gasteiger partial charge in [-0.25, -0.2) is 0 Å². The molecule has 198 valence electrons. The maximum Gasteiger partial charge on any atom is 0.305 e. The zero-order valence-corrected chi connectivity index (χ0v) is 22.7. The van der Waals surface area contributed by atoms with Gasteiger partial charge in [0.25, 0.3) is 0 Å². The lowest BCUT2D eigenvalue weighted by Crippen LogP contribution is -2.04. The minimum absolute atomic E-state index is 0.0927. The Hall–Kier alpha value is -2.55. The zero-order valence-electron chi connectivity index (χ0n) is 22.7. The molecule has 0 aliphatic rings. The fraction of sp³-hybridized carbons (Fsp3) is 0.545. The van der Waals surface area contributed by atoms with E-state index in [1.165, 1.54) is 87.4 Å². The lowest BCUT2D eigenvalue weighted by molar-refractivity contribution is -0.143. The number of aryl methyl sites for hydroxylation is 1. The highest BCUT2D eigenvalue weighted by Crippen LogP contribution is 2.14. The summed E-state index contributed by atoms with van der Waals surface area (Å²) >= 11 is 0. The van der Waals surface area contributed by atoms with Gasteiger partial charge in [-0.15, -0.1) is 0 Å². The first-order valence-electron chi connectivity index (χ1n) is 14.5. The molecule has 0 amide bonds. The van der Waals surface area contributed by atoms with Crippen LogP contribution in [-0.2, 0) is 22.4 Å². The van der Waals surface area contributed by atoms with E-state index in [2.05, 4.69) is 72.1 Å². The maximum atomic E-state index is 11.4. The van der Waals surface area contributed by atoms with Crippen molar-refractivity contribution in [2.45, 2.75) is 103 Å². The summed E-state index contributed by atoms with van der Waals surface area (Å²) in [7, 11) is 0. The number of allylic oxidation sites excluding steroid dienone is 2. The summed E-state index contributed by atoms with van der Waals surface area (Å²) in [5.74, 6) is -0.0927. The third kappa shape index (κ3) is 15.4. The number of ether oxygens (including phenoxy) is 1. The van der Waals surface area contributed by atoms with Crippen molar-refractivity contribution in [3.05, 3.63) is 77.9 Å². The van der Waals surface area contributed by atoms with E-state index < -0.39 is 0 Å². The van der Waals surface area contributed by atoms with Crippen molar-refractivity contribution in [2.75, 3.05) is 18.5 Å². The normalized spacial score (nSPS) is 11.1. The molecule has 0 saturated heterocycles. The number of unbranched alkanes of at least 4 members (excludes halogenated alkanes) is 10. The molecule has 2 aromatic rings. The van der Waals surface area contributed by atoms with Gasteiger partial charge in [0.1, 0.15) is 0 Å². The number of rotatable bonds is 21. The Morgan fingerprint density at radius 3 is 2.03 bits per heavy atom. The Bertz CT molecular complexity index is 813. The Balaban J connectivity index is 1.33. The lowest BCUT2D eigenvalue weighted by atomic mass is 10.1. The Morgan fingerprint density at radius 1 is 0.722 bits per heavy atom. The molecule has 0 spiro atoms. The summed E-state index contributed by atoms with van der Waals surface area (Å²) in [6.07, 6.45) is 22.8. The van der Waals surface area contributed by atoms with Crippen LogP contribution in [0, 0.1) is 0 Å². The van der Waals surface area contributed by atoms with E-state index in [1.54, 1.807) is 0 Å². The van der Waals surface area contributed by atoms with Crippen molar-refractivity contribution in [1.82, 2.24) is 0 Å². The molecule has 1 N–H and O–H groups in total. The number of anilines is 1. The SMILES string of the molecule is CCOC(=O)CCCc1ccc(NCCCCCCCCCCCC/C=C/Cc2ccccc2)cc1. The fourth-order valence-electron chi connectivity index (χ4n) is 4.44. The van der Waals surface area contributed by atoms with E-state index in [4.69, 9.17) is 4.74 Å². The van der Waals surface area contributed by atoms with Crippen LogP contribution in [0.3, 0.4) is 0 Å². The Labute approximate surface area is 220 Å². The molecule has 0 saturated carbocycles. The largest absolute Gasteiger partial charge is 0.466 e. The molecule has 0 bridgehead atoms. The van der Waals surface area contributed by atoms with Crippen molar-refractivity contribution in [1.29, 1.82) is 0 Å². The molecule has 2 rings (SSSR count). The second kappa shape index (κ2) is 20.6. The smallest absolute Gasteiger partial charge is 0.305 e.